The summed E-state index contributed by atoms with van der Waals surface area (Å²) in [7, 11) is 0. The third kappa shape index (κ3) is 2.38. The summed E-state index contributed by atoms with van der Waals surface area (Å²) in [4.78, 5) is 0. The van der Waals surface area contributed by atoms with Crippen LogP contribution >= 0.6 is 0 Å². The van der Waals surface area contributed by atoms with Crippen molar-refractivity contribution in [3.05, 3.63) is 29.3 Å². The maximum atomic E-state index is 10.9. The lowest BCUT2D eigenvalue weighted by Gasteiger charge is -2.39. The van der Waals surface area contributed by atoms with Crippen molar-refractivity contribution in [1.82, 2.24) is 0 Å². The molecular formula is C17H24O2. The molecule has 2 heteroatoms. The van der Waals surface area contributed by atoms with E-state index in [9.17, 15) is 5.11 Å². The molecule has 19 heavy (non-hydrogen) atoms. The van der Waals surface area contributed by atoms with E-state index >= 15 is 0 Å². The average molecular weight is 260 g/mol. The second-order valence-electron chi connectivity index (χ2n) is 6.40. The van der Waals surface area contributed by atoms with Gasteiger partial charge in [-0.15, -0.1) is 0 Å². The summed E-state index contributed by atoms with van der Waals surface area (Å²) in [5.74, 6) is 0.966. The van der Waals surface area contributed by atoms with Gasteiger partial charge in [0.15, 0.2) is 0 Å². The van der Waals surface area contributed by atoms with Crippen molar-refractivity contribution in [2.75, 3.05) is 6.61 Å². The standard InChI is InChI=1S/C17H24O2/c1-17(10-3-2-4-11-17)16(18)14-9-5-7-13-8-6-12-19-15(13)14/h5,7,9,16,18H,2-4,6,8,10-12H2,1H3. The normalized spacial score (nSPS) is 23.3. The van der Waals surface area contributed by atoms with Crippen molar-refractivity contribution in [2.24, 2.45) is 5.41 Å². The highest BCUT2D eigenvalue weighted by Crippen LogP contribution is 2.48. The highest BCUT2D eigenvalue weighted by atomic mass is 16.5. The molecule has 1 aliphatic heterocycles. The highest BCUT2D eigenvalue weighted by Gasteiger charge is 2.37. The molecule has 104 valence electrons. The fourth-order valence-electron chi connectivity index (χ4n) is 3.64. The third-order valence-corrected chi connectivity index (χ3v) is 4.91. The first-order valence-corrected chi connectivity index (χ1v) is 7.63. The Hall–Kier alpha value is -1.02. The summed E-state index contributed by atoms with van der Waals surface area (Å²) in [5, 5.41) is 10.9. The Balaban J connectivity index is 1.93. The van der Waals surface area contributed by atoms with Crippen molar-refractivity contribution in [3.63, 3.8) is 0 Å². The molecule has 0 spiro atoms. The molecule has 0 bridgehead atoms. The Morgan fingerprint density at radius 1 is 1.16 bits per heavy atom. The van der Waals surface area contributed by atoms with Crippen LogP contribution in [-0.4, -0.2) is 11.7 Å². The van der Waals surface area contributed by atoms with E-state index in [1.54, 1.807) is 0 Å². The second-order valence-corrected chi connectivity index (χ2v) is 6.40. The monoisotopic (exact) mass is 260 g/mol. The molecule has 0 radical (unpaired) electrons. The number of aryl methyl sites for hydroxylation is 1. The lowest BCUT2D eigenvalue weighted by Crippen LogP contribution is -2.29. The van der Waals surface area contributed by atoms with E-state index in [0.29, 0.717) is 0 Å². The van der Waals surface area contributed by atoms with Gasteiger partial charge in [0.1, 0.15) is 5.75 Å². The zero-order valence-electron chi connectivity index (χ0n) is 11.8. The summed E-state index contributed by atoms with van der Waals surface area (Å²) in [6.07, 6.45) is 7.81. The van der Waals surface area contributed by atoms with Gasteiger partial charge in [0.05, 0.1) is 12.7 Å². The molecular weight excluding hydrogens is 236 g/mol. The summed E-state index contributed by atoms with van der Waals surface area (Å²) in [6, 6.07) is 6.25. The van der Waals surface area contributed by atoms with E-state index < -0.39 is 0 Å². The van der Waals surface area contributed by atoms with Gasteiger partial charge in [0.2, 0.25) is 0 Å². The van der Waals surface area contributed by atoms with Crippen molar-refractivity contribution in [2.45, 2.75) is 58.0 Å². The van der Waals surface area contributed by atoms with E-state index in [1.165, 1.54) is 24.8 Å². The molecule has 3 rings (SSSR count). The number of para-hydroxylation sites is 1. The number of rotatable bonds is 2. The van der Waals surface area contributed by atoms with E-state index in [4.69, 9.17) is 4.74 Å². The van der Waals surface area contributed by atoms with Crippen LogP contribution in [0, 0.1) is 5.41 Å². The molecule has 1 unspecified atom stereocenters. The topological polar surface area (TPSA) is 29.5 Å². The number of benzene rings is 1. The van der Waals surface area contributed by atoms with E-state index in [0.717, 1.165) is 43.6 Å². The van der Waals surface area contributed by atoms with E-state index in [1.807, 2.05) is 0 Å². The molecule has 1 N–H and O–H groups in total. The molecule has 1 atom stereocenters. The van der Waals surface area contributed by atoms with Gasteiger partial charge in [-0.3, -0.25) is 0 Å². The first-order chi connectivity index (χ1) is 9.21. The van der Waals surface area contributed by atoms with Gasteiger partial charge in [-0.1, -0.05) is 44.4 Å². The Labute approximate surface area is 115 Å². The van der Waals surface area contributed by atoms with Crippen LogP contribution < -0.4 is 4.74 Å². The quantitative estimate of drug-likeness (QED) is 0.870. The largest absolute Gasteiger partial charge is 0.493 e. The zero-order chi connectivity index (χ0) is 13.3. The molecule has 1 aromatic rings. The zero-order valence-corrected chi connectivity index (χ0v) is 11.8. The van der Waals surface area contributed by atoms with Crippen LogP contribution in [0.3, 0.4) is 0 Å². The fraction of sp³-hybridized carbons (Fsp3) is 0.647. The van der Waals surface area contributed by atoms with Gasteiger partial charge in [-0.05, 0) is 36.7 Å². The first-order valence-electron chi connectivity index (χ1n) is 7.63. The smallest absolute Gasteiger partial charge is 0.128 e. The van der Waals surface area contributed by atoms with Crippen LogP contribution in [0.2, 0.25) is 0 Å². The minimum absolute atomic E-state index is 0.0220. The summed E-state index contributed by atoms with van der Waals surface area (Å²) in [5.41, 5.74) is 2.30. The molecule has 0 amide bonds. The van der Waals surface area contributed by atoms with Crippen molar-refractivity contribution >= 4 is 0 Å². The van der Waals surface area contributed by atoms with Gasteiger partial charge in [-0.2, -0.15) is 0 Å². The number of hydrogen-bond acceptors (Lipinski definition) is 2. The minimum atomic E-state index is -0.388. The maximum absolute atomic E-state index is 10.9. The first kappa shape index (κ1) is 13.0. The molecule has 1 fully saturated rings. The van der Waals surface area contributed by atoms with Crippen LogP contribution in [0.15, 0.2) is 18.2 Å². The number of aliphatic hydroxyl groups is 1. The van der Waals surface area contributed by atoms with Gasteiger partial charge in [0.25, 0.3) is 0 Å². The van der Waals surface area contributed by atoms with Crippen molar-refractivity contribution in [1.29, 1.82) is 0 Å². The van der Waals surface area contributed by atoms with Crippen LogP contribution in [0.1, 0.15) is 62.7 Å². The Bertz CT molecular complexity index is 447. The van der Waals surface area contributed by atoms with Gasteiger partial charge in [0, 0.05) is 5.56 Å². The summed E-state index contributed by atoms with van der Waals surface area (Å²) >= 11 is 0. The van der Waals surface area contributed by atoms with E-state index in [2.05, 4.69) is 25.1 Å². The molecule has 2 aliphatic rings. The summed E-state index contributed by atoms with van der Waals surface area (Å²) in [6.45, 7) is 3.02. The summed E-state index contributed by atoms with van der Waals surface area (Å²) < 4.78 is 5.85. The fourth-order valence-corrected chi connectivity index (χ4v) is 3.64. The second kappa shape index (κ2) is 5.16. The highest BCUT2D eigenvalue weighted by molar-refractivity contribution is 5.44. The Kier molecular flexibility index (Phi) is 3.53. The molecule has 0 saturated heterocycles. The lowest BCUT2D eigenvalue weighted by molar-refractivity contribution is 0.00600. The van der Waals surface area contributed by atoms with Crippen LogP contribution in [-0.2, 0) is 6.42 Å². The molecule has 1 heterocycles. The minimum Gasteiger partial charge on any atom is -0.493 e. The van der Waals surface area contributed by atoms with Crippen LogP contribution in [0.25, 0.3) is 0 Å². The van der Waals surface area contributed by atoms with Crippen LogP contribution in [0.4, 0.5) is 0 Å². The number of fused-ring (bicyclic) bond motifs is 1. The molecule has 1 aliphatic carbocycles. The Morgan fingerprint density at radius 2 is 1.95 bits per heavy atom. The maximum Gasteiger partial charge on any atom is 0.128 e. The van der Waals surface area contributed by atoms with Crippen molar-refractivity contribution in [3.8, 4) is 5.75 Å². The number of ether oxygens (including phenoxy) is 1. The average Bonchev–Trinajstić information content (AvgIpc) is 2.47. The predicted molar refractivity (Wildman–Crippen MR) is 76.4 cm³/mol. The number of hydrogen-bond donors (Lipinski definition) is 1. The van der Waals surface area contributed by atoms with Gasteiger partial charge < -0.3 is 9.84 Å². The lowest BCUT2D eigenvalue weighted by atomic mass is 9.69. The molecule has 1 aromatic carbocycles. The Morgan fingerprint density at radius 3 is 2.74 bits per heavy atom. The van der Waals surface area contributed by atoms with Crippen molar-refractivity contribution < 1.29 is 9.84 Å². The molecule has 2 nitrogen and oxygen atoms in total. The number of aliphatic hydroxyl groups excluding tert-OH is 1. The van der Waals surface area contributed by atoms with Gasteiger partial charge in [-0.25, -0.2) is 0 Å². The SMILES string of the molecule is CC1(C(O)c2cccc3c2OCCC3)CCCCC1. The molecule has 1 saturated carbocycles. The van der Waals surface area contributed by atoms with E-state index in [-0.39, 0.29) is 11.5 Å². The predicted octanol–water partition coefficient (Wildman–Crippen LogP) is 4.02. The molecule has 0 aromatic heterocycles. The third-order valence-electron chi connectivity index (χ3n) is 4.91. The van der Waals surface area contributed by atoms with Gasteiger partial charge >= 0.3 is 0 Å². The van der Waals surface area contributed by atoms with Crippen LogP contribution in [0.5, 0.6) is 5.75 Å².